The van der Waals surface area contributed by atoms with Crippen LogP contribution in [0.25, 0.3) is 4.85 Å². The minimum Gasteiger partial charge on any atom is -0.493 e. The molecule has 0 saturated carbocycles. The smallest absolute Gasteiger partial charge is 0.350 e. The third kappa shape index (κ3) is 3.54. The number of sulfone groups is 1. The average Bonchev–Trinajstić information content (AvgIpc) is 2.61. The van der Waals surface area contributed by atoms with E-state index in [4.69, 9.17) is 20.8 Å². The minimum atomic E-state index is -3.90. The van der Waals surface area contributed by atoms with Crippen LogP contribution >= 0.6 is 0 Å². The Labute approximate surface area is 147 Å². The molecule has 7 heteroatoms. The van der Waals surface area contributed by atoms with Crippen LogP contribution in [0.4, 0.5) is 0 Å². The summed E-state index contributed by atoms with van der Waals surface area (Å²) in [5.41, 5.74) is 1.19. The minimum absolute atomic E-state index is 0.0906. The second-order valence-electron chi connectivity index (χ2n) is 5.30. The highest BCUT2D eigenvalue weighted by molar-refractivity contribution is 7.91. The van der Waals surface area contributed by atoms with Crippen molar-refractivity contribution in [3.8, 4) is 17.2 Å². The zero-order chi connectivity index (χ0) is 18.6. The predicted molar refractivity (Wildman–Crippen MR) is 93.8 cm³/mol. The molecule has 0 bridgehead atoms. The van der Waals surface area contributed by atoms with Crippen LogP contribution in [0.5, 0.6) is 17.2 Å². The number of benzene rings is 2. The highest BCUT2D eigenvalue weighted by Crippen LogP contribution is 2.42. The van der Waals surface area contributed by atoms with Gasteiger partial charge in [0, 0.05) is 0 Å². The number of methoxy groups -OCH3 is 3. The van der Waals surface area contributed by atoms with Gasteiger partial charge in [-0.05, 0) is 31.2 Å². The Hall–Kier alpha value is -2.72. The molecular formula is C18H19NO5S. The van der Waals surface area contributed by atoms with E-state index in [1.165, 1.54) is 45.6 Å². The van der Waals surface area contributed by atoms with Crippen LogP contribution in [0.1, 0.15) is 16.5 Å². The number of hydrogen-bond acceptors (Lipinski definition) is 5. The third-order valence-corrected chi connectivity index (χ3v) is 5.63. The molecule has 2 rings (SSSR count). The van der Waals surface area contributed by atoms with Gasteiger partial charge in [0.25, 0.3) is 9.84 Å². The van der Waals surface area contributed by atoms with Crippen LogP contribution in [0.3, 0.4) is 0 Å². The van der Waals surface area contributed by atoms with E-state index < -0.39 is 15.2 Å². The molecule has 0 unspecified atom stereocenters. The molecule has 0 aliphatic rings. The number of ether oxygens (including phenoxy) is 3. The Morgan fingerprint density at radius 1 is 0.960 bits per heavy atom. The molecule has 0 amide bonds. The normalized spacial score (nSPS) is 12.1. The third-order valence-electron chi connectivity index (χ3n) is 3.73. The molecule has 0 heterocycles. The maximum atomic E-state index is 12.9. The molecule has 0 radical (unpaired) electrons. The average molecular weight is 361 g/mol. The van der Waals surface area contributed by atoms with Crippen LogP contribution < -0.4 is 14.2 Å². The lowest BCUT2D eigenvalue weighted by Crippen LogP contribution is -2.11. The molecule has 0 aliphatic heterocycles. The summed E-state index contributed by atoms with van der Waals surface area (Å²) in [6.45, 7) is 9.29. The summed E-state index contributed by atoms with van der Waals surface area (Å²) in [7, 11) is 0.423. The first kappa shape index (κ1) is 18.6. The van der Waals surface area contributed by atoms with Gasteiger partial charge in [0.15, 0.2) is 11.5 Å². The van der Waals surface area contributed by atoms with Crippen molar-refractivity contribution in [2.75, 3.05) is 21.3 Å². The van der Waals surface area contributed by atoms with Gasteiger partial charge >= 0.3 is 5.37 Å². The van der Waals surface area contributed by atoms with Crippen molar-refractivity contribution in [3.05, 3.63) is 58.9 Å². The summed E-state index contributed by atoms with van der Waals surface area (Å²) in [4.78, 5) is 3.44. The first-order valence-corrected chi connectivity index (χ1v) is 8.90. The molecule has 6 nitrogen and oxygen atoms in total. The number of nitrogens with zero attached hydrogens (tertiary/aromatic N) is 1. The number of hydrogen-bond donors (Lipinski definition) is 0. The van der Waals surface area contributed by atoms with E-state index in [9.17, 15) is 8.42 Å². The molecule has 25 heavy (non-hydrogen) atoms. The standard InChI is InChI=1S/C18H19NO5S/c1-12-6-8-14(9-7-12)25(20,21)18(19-2)13-10-15(22-3)17(24-5)16(11-13)23-4/h6-11,18H,1,3-5H3/t18-/m0/s1. The van der Waals surface area contributed by atoms with Crippen LogP contribution in [-0.2, 0) is 9.84 Å². The first-order chi connectivity index (χ1) is 11.9. The second-order valence-corrected chi connectivity index (χ2v) is 7.31. The first-order valence-electron chi connectivity index (χ1n) is 7.36. The largest absolute Gasteiger partial charge is 0.493 e. The van der Waals surface area contributed by atoms with Crippen molar-refractivity contribution in [1.29, 1.82) is 0 Å². The second kappa shape index (κ2) is 7.45. The van der Waals surface area contributed by atoms with Gasteiger partial charge in [-0.1, -0.05) is 17.7 Å². The summed E-state index contributed by atoms with van der Waals surface area (Å²) >= 11 is 0. The van der Waals surface area contributed by atoms with E-state index in [0.29, 0.717) is 17.2 Å². The molecule has 2 aromatic rings. The molecule has 0 spiro atoms. The van der Waals surface area contributed by atoms with Crippen LogP contribution in [0.2, 0.25) is 0 Å². The maximum Gasteiger partial charge on any atom is 0.350 e. The maximum absolute atomic E-state index is 12.9. The molecule has 132 valence electrons. The van der Waals surface area contributed by atoms with Crippen molar-refractivity contribution < 1.29 is 22.6 Å². The lowest BCUT2D eigenvalue weighted by molar-refractivity contribution is 0.324. The van der Waals surface area contributed by atoms with Gasteiger partial charge in [0.1, 0.15) is 0 Å². The Kier molecular flexibility index (Phi) is 5.55. The molecule has 0 fully saturated rings. The predicted octanol–water partition coefficient (Wildman–Crippen LogP) is 3.41. The van der Waals surface area contributed by atoms with E-state index in [2.05, 4.69) is 4.85 Å². The quantitative estimate of drug-likeness (QED) is 0.738. The Balaban J connectivity index is 2.61. The zero-order valence-corrected chi connectivity index (χ0v) is 15.3. The molecule has 0 aliphatic carbocycles. The van der Waals surface area contributed by atoms with Crippen molar-refractivity contribution in [3.63, 3.8) is 0 Å². The van der Waals surface area contributed by atoms with Crippen molar-refractivity contribution in [2.24, 2.45) is 0 Å². The van der Waals surface area contributed by atoms with E-state index in [0.717, 1.165) is 5.56 Å². The summed E-state index contributed by atoms with van der Waals surface area (Å²) in [6.07, 6.45) is 0. The van der Waals surface area contributed by atoms with E-state index >= 15 is 0 Å². The number of aryl methyl sites for hydroxylation is 1. The highest BCUT2D eigenvalue weighted by Gasteiger charge is 2.36. The van der Waals surface area contributed by atoms with Crippen molar-refractivity contribution >= 4 is 9.84 Å². The molecule has 1 atom stereocenters. The SMILES string of the molecule is [C-]#[N+][C@H](c1cc(OC)c(OC)c(OC)c1)S(=O)(=O)c1ccc(C)cc1. The molecular weight excluding hydrogens is 342 g/mol. The molecule has 0 N–H and O–H groups in total. The fourth-order valence-corrected chi connectivity index (χ4v) is 3.83. The van der Waals surface area contributed by atoms with Gasteiger partial charge < -0.3 is 14.2 Å². The molecule has 2 aromatic carbocycles. The van der Waals surface area contributed by atoms with E-state index in [1.807, 2.05) is 6.92 Å². The van der Waals surface area contributed by atoms with Gasteiger partial charge in [-0.3, -0.25) is 4.85 Å². The monoisotopic (exact) mass is 361 g/mol. The van der Waals surface area contributed by atoms with Crippen LogP contribution in [-0.4, -0.2) is 29.7 Å². The van der Waals surface area contributed by atoms with Crippen molar-refractivity contribution in [2.45, 2.75) is 17.2 Å². The van der Waals surface area contributed by atoms with Crippen molar-refractivity contribution in [1.82, 2.24) is 0 Å². The fourth-order valence-electron chi connectivity index (χ4n) is 2.42. The summed E-state index contributed by atoms with van der Waals surface area (Å²) in [6, 6.07) is 9.36. The Bertz CT molecular complexity index is 873. The Morgan fingerprint density at radius 2 is 1.48 bits per heavy atom. The van der Waals surface area contributed by atoms with Gasteiger partial charge in [0.2, 0.25) is 5.75 Å². The summed E-state index contributed by atoms with van der Waals surface area (Å²) in [5, 5.41) is -1.41. The lowest BCUT2D eigenvalue weighted by atomic mass is 10.2. The van der Waals surface area contributed by atoms with Gasteiger partial charge in [-0.25, -0.2) is 15.0 Å². The van der Waals surface area contributed by atoms with Gasteiger partial charge in [0.05, 0.1) is 31.8 Å². The molecule has 0 aromatic heterocycles. The van der Waals surface area contributed by atoms with E-state index in [-0.39, 0.29) is 10.5 Å². The number of rotatable bonds is 6. The molecule has 0 saturated heterocycles. The zero-order valence-electron chi connectivity index (χ0n) is 14.4. The summed E-state index contributed by atoms with van der Waals surface area (Å²) < 4.78 is 41.5. The van der Waals surface area contributed by atoms with Crippen LogP contribution in [0, 0.1) is 13.5 Å². The Morgan fingerprint density at radius 3 is 1.88 bits per heavy atom. The topological polar surface area (TPSA) is 66.2 Å². The van der Waals surface area contributed by atoms with Gasteiger partial charge in [-0.15, -0.1) is 0 Å². The fraction of sp³-hybridized carbons (Fsp3) is 0.278. The summed E-state index contributed by atoms with van der Waals surface area (Å²) in [5.74, 6) is 0.930. The van der Waals surface area contributed by atoms with Gasteiger partial charge in [-0.2, -0.15) is 0 Å². The van der Waals surface area contributed by atoms with Crippen LogP contribution in [0.15, 0.2) is 41.3 Å². The lowest BCUT2D eigenvalue weighted by Gasteiger charge is -2.15. The van der Waals surface area contributed by atoms with E-state index in [1.54, 1.807) is 12.1 Å². The highest BCUT2D eigenvalue weighted by atomic mass is 32.2.